The second-order valence-corrected chi connectivity index (χ2v) is 6.83. The summed E-state index contributed by atoms with van der Waals surface area (Å²) in [6.07, 6.45) is 0.884. The van der Waals surface area contributed by atoms with Gasteiger partial charge in [-0.2, -0.15) is 0 Å². The Balaban J connectivity index is 4.24. The van der Waals surface area contributed by atoms with Gasteiger partial charge in [-0.3, -0.25) is 0 Å². The van der Waals surface area contributed by atoms with Gasteiger partial charge in [0.1, 0.15) is 0 Å². The summed E-state index contributed by atoms with van der Waals surface area (Å²) >= 11 is 5.49. The lowest BCUT2D eigenvalue weighted by Gasteiger charge is -2.24. The van der Waals surface area contributed by atoms with Gasteiger partial charge in [-0.1, -0.05) is 0 Å². The van der Waals surface area contributed by atoms with Gasteiger partial charge in [0.2, 0.25) is 10.0 Å². The Morgan fingerprint density at radius 1 is 1.44 bits per heavy atom. The molecule has 0 saturated heterocycles. The van der Waals surface area contributed by atoms with Crippen LogP contribution in [0.3, 0.4) is 0 Å². The van der Waals surface area contributed by atoms with Crippen LogP contribution in [-0.4, -0.2) is 49.3 Å². The van der Waals surface area contributed by atoms with Crippen LogP contribution in [0.2, 0.25) is 0 Å². The quantitative estimate of drug-likeness (QED) is 0.633. The van der Waals surface area contributed by atoms with Crippen molar-refractivity contribution in [3.05, 3.63) is 0 Å². The number of rotatable bonds is 8. The van der Waals surface area contributed by atoms with Gasteiger partial charge in [0, 0.05) is 25.7 Å². The topological polar surface area (TPSA) is 69.6 Å². The monoisotopic (exact) mass is 272 g/mol. The average Bonchev–Trinajstić information content (AvgIpc) is 2.23. The van der Waals surface area contributed by atoms with Crippen molar-refractivity contribution in [2.24, 2.45) is 0 Å². The molecule has 0 spiro atoms. The fraction of sp³-hybridized carbons (Fsp3) is 1.00. The molecule has 0 aliphatic carbocycles. The first-order chi connectivity index (χ1) is 7.25. The van der Waals surface area contributed by atoms with E-state index < -0.39 is 15.6 Å². The Morgan fingerprint density at radius 3 is 2.44 bits per heavy atom. The van der Waals surface area contributed by atoms with Crippen LogP contribution >= 0.6 is 11.8 Å². The number of sulfonamides is 1. The van der Waals surface area contributed by atoms with Crippen molar-refractivity contribution in [3.63, 3.8) is 0 Å². The minimum Gasteiger partial charge on any atom is -0.396 e. The Labute approximate surface area is 103 Å². The summed E-state index contributed by atoms with van der Waals surface area (Å²) in [6, 6.07) is 0. The highest BCUT2D eigenvalue weighted by Crippen LogP contribution is 2.12. The van der Waals surface area contributed by atoms with Crippen LogP contribution in [0.5, 0.6) is 0 Å². The van der Waals surface area contributed by atoms with E-state index in [0.717, 1.165) is 0 Å². The molecule has 2 N–H and O–H groups in total. The van der Waals surface area contributed by atoms with E-state index in [-0.39, 0.29) is 12.4 Å². The zero-order valence-corrected chi connectivity index (χ0v) is 11.6. The minimum atomic E-state index is -3.25. The zero-order chi connectivity index (χ0) is 12.8. The van der Waals surface area contributed by atoms with Gasteiger partial charge in [-0.15, -0.1) is 0 Å². The van der Waals surface area contributed by atoms with E-state index in [0.29, 0.717) is 19.4 Å². The number of hydrogen-bond donors (Lipinski definition) is 2. The van der Waals surface area contributed by atoms with Gasteiger partial charge in [0.05, 0.1) is 5.75 Å². The van der Waals surface area contributed by atoms with Crippen LogP contribution < -0.4 is 4.84 Å². The second-order valence-electron chi connectivity index (χ2n) is 4.44. The van der Waals surface area contributed by atoms with Crippen molar-refractivity contribution in [3.8, 4) is 0 Å². The number of nitrogens with zero attached hydrogens (tertiary/aromatic N) is 1. The van der Waals surface area contributed by atoms with E-state index in [1.807, 2.05) is 13.8 Å². The number of nitrogens with one attached hydrogen (secondary N) is 1. The highest BCUT2D eigenvalue weighted by Gasteiger charge is 2.23. The first-order valence-electron chi connectivity index (χ1n) is 5.18. The molecule has 0 aromatic carbocycles. The highest BCUT2D eigenvalue weighted by atomic mass is 35.5. The third-order valence-electron chi connectivity index (χ3n) is 2.35. The molecule has 0 unspecified atom stereocenters. The Hall–Kier alpha value is 0.120. The summed E-state index contributed by atoms with van der Waals surface area (Å²) in [5.41, 5.74) is -0.410. The van der Waals surface area contributed by atoms with Crippen molar-refractivity contribution in [2.45, 2.75) is 32.2 Å². The standard InChI is InChI=1S/C9H21ClN2O3S/c1-9(2,11-10)5-8-16(14,15)12(3)6-4-7-13/h11,13H,4-8H2,1-3H3. The highest BCUT2D eigenvalue weighted by molar-refractivity contribution is 7.89. The number of aliphatic hydroxyl groups is 1. The van der Waals surface area contributed by atoms with Crippen LogP contribution in [0.25, 0.3) is 0 Å². The maximum absolute atomic E-state index is 11.8. The molecule has 0 rings (SSSR count). The van der Waals surface area contributed by atoms with Gasteiger partial charge < -0.3 is 5.11 Å². The van der Waals surface area contributed by atoms with Crippen LogP contribution in [0.15, 0.2) is 0 Å². The SMILES string of the molecule is CN(CCCO)S(=O)(=O)CCC(C)(C)NCl. The van der Waals surface area contributed by atoms with Crippen molar-refractivity contribution in [1.29, 1.82) is 0 Å². The molecule has 0 radical (unpaired) electrons. The van der Waals surface area contributed by atoms with Gasteiger partial charge in [0.25, 0.3) is 0 Å². The number of hydrogen-bond acceptors (Lipinski definition) is 4. The van der Waals surface area contributed by atoms with E-state index in [9.17, 15) is 8.42 Å². The average molecular weight is 273 g/mol. The molecule has 0 amide bonds. The van der Waals surface area contributed by atoms with E-state index in [1.54, 1.807) is 0 Å². The van der Waals surface area contributed by atoms with Crippen LogP contribution in [0.1, 0.15) is 26.7 Å². The molecule has 98 valence electrons. The third-order valence-corrected chi connectivity index (χ3v) is 4.71. The molecule has 0 aliphatic heterocycles. The summed E-state index contributed by atoms with van der Waals surface area (Å²) in [4.78, 5) is 2.55. The lowest BCUT2D eigenvalue weighted by atomic mass is 10.0. The summed E-state index contributed by atoms with van der Waals surface area (Å²) in [6.45, 7) is 4.01. The molecular formula is C9H21ClN2O3S. The van der Waals surface area contributed by atoms with Crippen molar-refractivity contribution in [1.82, 2.24) is 9.14 Å². The third kappa shape index (κ3) is 6.00. The van der Waals surface area contributed by atoms with Crippen molar-refractivity contribution < 1.29 is 13.5 Å². The van der Waals surface area contributed by atoms with E-state index >= 15 is 0 Å². The maximum Gasteiger partial charge on any atom is 0.213 e. The van der Waals surface area contributed by atoms with E-state index in [1.165, 1.54) is 11.4 Å². The summed E-state index contributed by atoms with van der Waals surface area (Å²) in [7, 11) is -1.73. The predicted octanol–water partition coefficient (Wildman–Crippen LogP) is 0.542. The summed E-state index contributed by atoms with van der Waals surface area (Å²) in [5.74, 6) is 0.0433. The minimum absolute atomic E-state index is 0.00537. The molecular weight excluding hydrogens is 252 g/mol. The second kappa shape index (κ2) is 6.76. The van der Waals surface area contributed by atoms with Crippen molar-refractivity contribution in [2.75, 3.05) is 26.0 Å². The predicted molar refractivity (Wildman–Crippen MR) is 65.8 cm³/mol. The van der Waals surface area contributed by atoms with Crippen LogP contribution in [0, 0.1) is 0 Å². The molecule has 0 aromatic rings. The van der Waals surface area contributed by atoms with Crippen LogP contribution in [-0.2, 0) is 10.0 Å². The Morgan fingerprint density at radius 2 is 2.00 bits per heavy atom. The summed E-state index contributed by atoms with van der Waals surface area (Å²) < 4.78 is 24.8. The Kier molecular flexibility index (Phi) is 6.81. The van der Waals surface area contributed by atoms with Gasteiger partial charge in [0.15, 0.2) is 0 Å². The van der Waals surface area contributed by atoms with E-state index in [4.69, 9.17) is 16.9 Å². The molecule has 0 fully saturated rings. The molecule has 16 heavy (non-hydrogen) atoms. The number of halogens is 1. The lowest BCUT2D eigenvalue weighted by molar-refractivity contribution is 0.275. The van der Waals surface area contributed by atoms with Gasteiger partial charge in [-0.05, 0) is 38.5 Å². The molecule has 0 aliphatic rings. The molecule has 5 nitrogen and oxygen atoms in total. The van der Waals surface area contributed by atoms with E-state index in [2.05, 4.69) is 4.84 Å². The molecule has 0 saturated carbocycles. The zero-order valence-electron chi connectivity index (χ0n) is 10.0. The first-order valence-corrected chi connectivity index (χ1v) is 7.16. The largest absolute Gasteiger partial charge is 0.396 e. The lowest BCUT2D eigenvalue weighted by Crippen LogP contribution is -2.38. The fourth-order valence-electron chi connectivity index (χ4n) is 1.02. The summed E-state index contributed by atoms with van der Waals surface area (Å²) in [5, 5.41) is 8.63. The maximum atomic E-state index is 11.8. The molecule has 0 aromatic heterocycles. The normalized spacial score (nSPS) is 13.4. The molecule has 0 bridgehead atoms. The Bertz CT molecular complexity index is 293. The van der Waals surface area contributed by atoms with Gasteiger partial charge in [-0.25, -0.2) is 17.6 Å². The van der Waals surface area contributed by atoms with Gasteiger partial charge >= 0.3 is 0 Å². The molecule has 0 atom stereocenters. The smallest absolute Gasteiger partial charge is 0.213 e. The van der Waals surface area contributed by atoms with Crippen LogP contribution in [0.4, 0.5) is 0 Å². The van der Waals surface area contributed by atoms with Crippen molar-refractivity contribution >= 4 is 21.8 Å². The number of aliphatic hydroxyl groups excluding tert-OH is 1. The molecule has 0 heterocycles. The first kappa shape index (κ1) is 16.1. The molecule has 7 heteroatoms. The fourth-order valence-corrected chi connectivity index (χ4v) is 2.60.